The van der Waals surface area contributed by atoms with E-state index in [0.717, 1.165) is 16.2 Å². The van der Waals surface area contributed by atoms with E-state index >= 15 is 0 Å². The summed E-state index contributed by atoms with van der Waals surface area (Å²) >= 11 is 4.76. The number of imidazole rings is 1. The molecule has 0 bridgehead atoms. The van der Waals surface area contributed by atoms with Gasteiger partial charge in [-0.15, -0.1) is 0 Å². The first-order valence-corrected chi connectivity index (χ1v) is 6.72. The van der Waals surface area contributed by atoms with Crippen molar-refractivity contribution < 1.29 is 5.11 Å². The Labute approximate surface area is 100 Å². The molecule has 1 heterocycles. The van der Waals surface area contributed by atoms with E-state index < -0.39 is 0 Å². The van der Waals surface area contributed by atoms with Crippen molar-refractivity contribution in [1.29, 1.82) is 0 Å². The van der Waals surface area contributed by atoms with Crippen LogP contribution in [0.5, 0.6) is 0 Å². The maximum absolute atomic E-state index is 9.38. The highest BCUT2D eigenvalue weighted by atomic mass is 79.9. The average Bonchev–Trinajstić information content (AvgIpc) is 2.68. The number of aliphatic hydroxyl groups excluding tert-OH is 1. The number of aromatic amines is 1. The molecule has 0 aliphatic rings. The molecule has 2 aromatic rings. The summed E-state index contributed by atoms with van der Waals surface area (Å²) in [5, 5.41) is 10.8. The van der Waals surface area contributed by atoms with Gasteiger partial charge in [-0.3, -0.25) is 0 Å². The molecule has 15 heavy (non-hydrogen) atoms. The lowest BCUT2D eigenvalue weighted by atomic mass is 10.3. The Morgan fingerprint density at radius 2 is 2.27 bits per heavy atom. The molecule has 0 spiro atoms. The summed E-state index contributed by atoms with van der Waals surface area (Å²) in [6, 6.07) is 7.90. The van der Waals surface area contributed by atoms with E-state index in [1.807, 2.05) is 24.3 Å². The highest BCUT2D eigenvalue weighted by Gasteiger charge is 2.06. The summed E-state index contributed by atoms with van der Waals surface area (Å²) < 4.78 is 0. The van der Waals surface area contributed by atoms with Crippen LogP contribution in [0.3, 0.4) is 0 Å². The van der Waals surface area contributed by atoms with Crippen molar-refractivity contribution >= 4 is 38.7 Å². The minimum Gasteiger partial charge on any atom is -0.391 e. The van der Waals surface area contributed by atoms with Gasteiger partial charge in [0, 0.05) is 11.1 Å². The first kappa shape index (κ1) is 11.0. The molecule has 1 aromatic carbocycles. The Kier molecular flexibility index (Phi) is 3.66. The van der Waals surface area contributed by atoms with Gasteiger partial charge in [-0.2, -0.15) is 0 Å². The largest absolute Gasteiger partial charge is 0.391 e. The zero-order valence-electron chi connectivity index (χ0n) is 7.98. The van der Waals surface area contributed by atoms with E-state index in [4.69, 9.17) is 0 Å². The minimum absolute atomic E-state index is 0.330. The number of nitrogens with zero attached hydrogens (tertiary/aromatic N) is 1. The van der Waals surface area contributed by atoms with Gasteiger partial charge in [-0.1, -0.05) is 39.8 Å². The van der Waals surface area contributed by atoms with Gasteiger partial charge in [0.15, 0.2) is 5.16 Å². The smallest absolute Gasteiger partial charge is 0.166 e. The summed E-state index contributed by atoms with van der Waals surface area (Å²) in [4.78, 5) is 7.60. The molecule has 0 saturated carbocycles. The van der Waals surface area contributed by atoms with Crippen molar-refractivity contribution in [3.05, 3.63) is 24.3 Å². The van der Waals surface area contributed by atoms with Crippen LogP contribution < -0.4 is 0 Å². The van der Waals surface area contributed by atoms with Crippen LogP contribution >= 0.6 is 27.7 Å². The number of fused-ring (bicyclic) bond motifs is 1. The second-order valence-electron chi connectivity index (χ2n) is 3.18. The van der Waals surface area contributed by atoms with Gasteiger partial charge >= 0.3 is 0 Å². The number of H-pyrrole nitrogens is 1. The van der Waals surface area contributed by atoms with Crippen LogP contribution in [0.1, 0.15) is 0 Å². The topological polar surface area (TPSA) is 48.9 Å². The van der Waals surface area contributed by atoms with Crippen molar-refractivity contribution in [3.8, 4) is 0 Å². The van der Waals surface area contributed by atoms with E-state index in [1.54, 1.807) is 0 Å². The highest BCUT2D eigenvalue weighted by molar-refractivity contribution is 9.09. The second-order valence-corrected chi connectivity index (χ2v) is 4.83. The first-order valence-electron chi connectivity index (χ1n) is 4.61. The Hall–Kier alpha value is -0.520. The predicted molar refractivity (Wildman–Crippen MR) is 66.6 cm³/mol. The van der Waals surface area contributed by atoms with Crippen LogP contribution in [0.15, 0.2) is 29.4 Å². The summed E-state index contributed by atoms with van der Waals surface area (Å²) in [5.41, 5.74) is 2.00. The van der Waals surface area contributed by atoms with Crippen LogP contribution in [-0.2, 0) is 0 Å². The fourth-order valence-corrected chi connectivity index (χ4v) is 2.56. The molecular formula is C10H11BrN2OS. The number of hydrogen-bond acceptors (Lipinski definition) is 3. The summed E-state index contributed by atoms with van der Waals surface area (Å²) in [6.07, 6.45) is -0.330. The van der Waals surface area contributed by atoms with E-state index in [1.165, 1.54) is 11.8 Å². The number of halogens is 1. The molecular weight excluding hydrogens is 276 g/mol. The number of alkyl halides is 1. The Balaban J connectivity index is 2.09. The van der Waals surface area contributed by atoms with Crippen LogP contribution in [0, 0.1) is 0 Å². The number of hydrogen-bond donors (Lipinski definition) is 2. The molecule has 0 aliphatic heterocycles. The number of benzene rings is 1. The molecule has 0 radical (unpaired) electrons. The van der Waals surface area contributed by atoms with Crippen molar-refractivity contribution in [2.75, 3.05) is 11.1 Å². The molecule has 1 unspecified atom stereocenters. The maximum Gasteiger partial charge on any atom is 0.166 e. The highest BCUT2D eigenvalue weighted by Crippen LogP contribution is 2.19. The lowest BCUT2D eigenvalue weighted by Crippen LogP contribution is -2.10. The van der Waals surface area contributed by atoms with Crippen LogP contribution in [0.2, 0.25) is 0 Å². The van der Waals surface area contributed by atoms with Crippen LogP contribution in [0.4, 0.5) is 0 Å². The van der Waals surface area contributed by atoms with Crippen molar-refractivity contribution in [1.82, 2.24) is 9.97 Å². The summed E-state index contributed by atoms with van der Waals surface area (Å²) in [6.45, 7) is 0. The normalized spacial score (nSPS) is 13.2. The first-order chi connectivity index (χ1) is 7.29. The van der Waals surface area contributed by atoms with Crippen molar-refractivity contribution in [2.45, 2.75) is 11.3 Å². The van der Waals surface area contributed by atoms with Crippen molar-refractivity contribution in [2.24, 2.45) is 0 Å². The number of nitrogens with one attached hydrogen (secondary N) is 1. The third-order valence-electron chi connectivity index (χ3n) is 1.96. The molecule has 0 saturated heterocycles. The number of para-hydroxylation sites is 2. The molecule has 2 rings (SSSR count). The van der Waals surface area contributed by atoms with Gasteiger partial charge in [0.1, 0.15) is 0 Å². The zero-order chi connectivity index (χ0) is 10.7. The fourth-order valence-electron chi connectivity index (χ4n) is 1.22. The quantitative estimate of drug-likeness (QED) is 0.670. The molecule has 1 atom stereocenters. The van der Waals surface area contributed by atoms with Crippen molar-refractivity contribution in [3.63, 3.8) is 0 Å². The molecule has 2 N–H and O–H groups in total. The number of thioether (sulfide) groups is 1. The SMILES string of the molecule is OC(CBr)CSc1nc2ccccc2[nH]1. The summed E-state index contributed by atoms with van der Waals surface area (Å²) in [7, 11) is 0. The average molecular weight is 287 g/mol. The molecule has 80 valence electrons. The Morgan fingerprint density at radius 1 is 1.47 bits per heavy atom. The van der Waals surface area contributed by atoms with E-state index in [0.29, 0.717) is 11.1 Å². The lowest BCUT2D eigenvalue weighted by Gasteiger charge is -2.02. The van der Waals surface area contributed by atoms with Crippen LogP contribution in [-0.4, -0.2) is 32.3 Å². The number of rotatable bonds is 4. The van der Waals surface area contributed by atoms with E-state index in [2.05, 4.69) is 25.9 Å². The van der Waals surface area contributed by atoms with Gasteiger partial charge in [0.05, 0.1) is 17.1 Å². The van der Waals surface area contributed by atoms with Gasteiger partial charge in [-0.05, 0) is 12.1 Å². The third-order valence-corrected chi connectivity index (χ3v) is 3.72. The molecule has 0 amide bonds. The van der Waals surface area contributed by atoms with Gasteiger partial charge < -0.3 is 10.1 Å². The third kappa shape index (κ3) is 2.74. The molecule has 0 aliphatic carbocycles. The standard InChI is InChI=1S/C10H11BrN2OS/c11-5-7(14)6-15-10-12-8-3-1-2-4-9(8)13-10/h1-4,7,14H,5-6H2,(H,12,13). The monoisotopic (exact) mass is 286 g/mol. The molecule has 3 nitrogen and oxygen atoms in total. The Bertz CT molecular complexity index is 413. The number of aliphatic hydroxyl groups is 1. The molecule has 0 fully saturated rings. The second kappa shape index (κ2) is 5.01. The Morgan fingerprint density at radius 3 is 3.00 bits per heavy atom. The van der Waals surface area contributed by atoms with Gasteiger partial charge in [-0.25, -0.2) is 4.98 Å². The van der Waals surface area contributed by atoms with E-state index in [-0.39, 0.29) is 6.10 Å². The predicted octanol–water partition coefficient (Wildman–Crippen LogP) is 2.41. The number of aromatic nitrogens is 2. The van der Waals surface area contributed by atoms with Gasteiger partial charge in [0.25, 0.3) is 0 Å². The fraction of sp³-hybridized carbons (Fsp3) is 0.300. The zero-order valence-corrected chi connectivity index (χ0v) is 10.4. The molecule has 5 heteroatoms. The molecule has 1 aromatic heterocycles. The summed E-state index contributed by atoms with van der Waals surface area (Å²) in [5.74, 6) is 0.644. The van der Waals surface area contributed by atoms with Gasteiger partial charge in [0.2, 0.25) is 0 Å². The minimum atomic E-state index is -0.330. The lowest BCUT2D eigenvalue weighted by molar-refractivity contribution is 0.226. The maximum atomic E-state index is 9.38. The van der Waals surface area contributed by atoms with Crippen LogP contribution in [0.25, 0.3) is 11.0 Å². The van der Waals surface area contributed by atoms with E-state index in [9.17, 15) is 5.11 Å².